The van der Waals surface area contributed by atoms with Gasteiger partial charge < -0.3 is 0 Å². The zero-order valence-electron chi connectivity index (χ0n) is 7.81. The first-order valence-corrected chi connectivity index (χ1v) is 7.18. The van der Waals surface area contributed by atoms with E-state index >= 15 is 0 Å². The van der Waals surface area contributed by atoms with E-state index in [9.17, 15) is 0 Å². The molecular formula is C9H11ClN3P. The molecule has 3 nitrogen and oxygen atoms in total. The Morgan fingerprint density at radius 3 is 2.71 bits per heavy atom. The molecule has 74 valence electrons. The zero-order valence-corrected chi connectivity index (χ0v) is 9.46. The normalized spacial score (nSPS) is 25.4. The van der Waals surface area contributed by atoms with Crippen LogP contribution in [0.15, 0.2) is 40.2 Å². The van der Waals surface area contributed by atoms with E-state index in [1.165, 1.54) is 0 Å². The molecule has 0 bridgehead atoms. The van der Waals surface area contributed by atoms with E-state index in [0.29, 0.717) is 0 Å². The van der Waals surface area contributed by atoms with E-state index in [0.717, 1.165) is 17.6 Å². The Morgan fingerprint density at radius 2 is 2.14 bits per heavy atom. The molecule has 0 spiro atoms. The first-order chi connectivity index (χ1) is 6.68. The van der Waals surface area contributed by atoms with Gasteiger partial charge in [0.25, 0.3) is 0 Å². The van der Waals surface area contributed by atoms with E-state index < -0.39 is 6.56 Å². The molecule has 1 aromatic rings. The van der Waals surface area contributed by atoms with Crippen molar-refractivity contribution in [2.75, 3.05) is 6.16 Å². The third-order valence-electron chi connectivity index (χ3n) is 1.86. The van der Waals surface area contributed by atoms with Crippen molar-refractivity contribution in [1.29, 1.82) is 0 Å². The fourth-order valence-electron chi connectivity index (χ4n) is 1.27. The van der Waals surface area contributed by atoms with Crippen molar-refractivity contribution in [2.24, 2.45) is 9.85 Å². The van der Waals surface area contributed by atoms with E-state index in [1.807, 2.05) is 37.3 Å². The summed E-state index contributed by atoms with van der Waals surface area (Å²) in [7, 11) is 0. The number of hydrazone groups is 1. The number of nitrogens with zero attached hydrogens (tertiary/aromatic N) is 2. The minimum absolute atomic E-state index is 0.753. The number of halogens is 1. The first kappa shape index (κ1) is 9.75. The lowest BCUT2D eigenvalue weighted by molar-refractivity contribution is 1.11. The highest BCUT2D eigenvalue weighted by molar-refractivity contribution is 7.90. The van der Waals surface area contributed by atoms with Crippen LogP contribution in [0.5, 0.6) is 0 Å². The van der Waals surface area contributed by atoms with Crippen LogP contribution < -0.4 is 5.20 Å². The molecule has 0 fully saturated rings. The van der Waals surface area contributed by atoms with Crippen LogP contribution in [0.4, 0.5) is 5.69 Å². The van der Waals surface area contributed by atoms with Crippen LogP contribution in [-0.2, 0) is 0 Å². The van der Waals surface area contributed by atoms with Crippen molar-refractivity contribution in [3.8, 4) is 0 Å². The molecule has 1 aliphatic rings. The number of hydrogen-bond acceptors (Lipinski definition) is 2. The maximum atomic E-state index is 6.32. The van der Waals surface area contributed by atoms with Gasteiger partial charge in [0.1, 0.15) is 0 Å². The van der Waals surface area contributed by atoms with Gasteiger partial charge in [-0.2, -0.15) is 5.10 Å². The Hall–Kier alpha value is -0.790. The SMILES string of the molecule is CC1=NNP(Cl)(=Nc2ccccc2)C1. The molecule has 1 aliphatic heterocycles. The Labute approximate surface area is 88.1 Å². The molecule has 0 aliphatic carbocycles. The molecule has 5 heteroatoms. The summed E-state index contributed by atoms with van der Waals surface area (Å²) in [6.07, 6.45) is 0.753. The van der Waals surface area contributed by atoms with Gasteiger partial charge in [-0.3, -0.25) is 5.20 Å². The topological polar surface area (TPSA) is 36.8 Å². The lowest BCUT2D eigenvalue weighted by Gasteiger charge is -2.08. The summed E-state index contributed by atoms with van der Waals surface area (Å²) >= 11 is 6.32. The maximum absolute atomic E-state index is 6.32. The summed E-state index contributed by atoms with van der Waals surface area (Å²) in [5, 5.41) is 7.00. The van der Waals surface area contributed by atoms with Gasteiger partial charge in [0.05, 0.1) is 11.8 Å². The van der Waals surface area contributed by atoms with Crippen molar-refractivity contribution in [1.82, 2.24) is 5.20 Å². The van der Waals surface area contributed by atoms with E-state index in [-0.39, 0.29) is 0 Å². The summed E-state index contributed by atoms with van der Waals surface area (Å²) in [5.41, 5.74) is 1.93. The van der Waals surface area contributed by atoms with Gasteiger partial charge in [0.2, 0.25) is 0 Å². The third kappa shape index (κ3) is 2.17. The summed E-state index contributed by atoms with van der Waals surface area (Å²) < 4.78 is 4.49. The smallest absolute Gasteiger partial charge is 0.163 e. The molecule has 0 saturated heterocycles. The fraction of sp³-hybridized carbons (Fsp3) is 0.222. The van der Waals surface area contributed by atoms with Crippen LogP contribution in [-0.4, -0.2) is 11.9 Å². The Kier molecular flexibility index (Phi) is 2.62. The van der Waals surface area contributed by atoms with Crippen molar-refractivity contribution in [3.05, 3.63) is 30.3 Å². The zero-order chi connectivity index (χ0) is 10.0. The first-order valence-electron chi connectivity index (χ1n) is 4.34. The largest absolute Gasteiger partial charge is 0.261 e. The number of rotatable bonds is 1. The minimum atomic E-state index is -1.95. The van der Waals surface area contributed by atoms with Gasteiger partial charge in [0.15, 0.2) is 6.56 Å². The monoisotopic (exact) mass is 227 g/mol. The summed E-state index contributed by atoms with van der Waals surface area (Å²) in [5.74, 6) is 0. The lowest BCUT2D eigenvalue weighted by Crippen LogP contribution is -1.91. The molecule has 1 unspecified atom stereocenters. The van der Waals surface area contributed by atoms with Gasteiger partial charge in [-0.25, -0.2) is 4.74 Å². The number of benzene rings is 1. The average Bonchev–Trinajstić information content (AvgIpc) is 2.47. The van der Waals surface area contributed by atoms with Gasteiger partial charge in [0, 0.05) is 5.71 Å². The molecule has 0 radical (unpaired) electrons. The lowest BCUT2D eigenvalue weighted by atomic mass is 10.3. The van der Waals surface area contributed by atoms with E-state index in [2.05, 4.69) is 15.0 Å². The van der Waals surface area contributed by atoms with Crippen LogP contribution in [0, 0.1) is 0 Å². The Bertz CT molecular complexity index is 413. The van der Waals surface area contributed by atoms with Gasteiger partial charge in [-0.1, -0.05) is 29.4 Å². The highest BCUT2D eigenvalue weighted by Crippen LogP contribution is 2.55. The van der Waals surface area contributed by atoms with E-state index in [4.69, 9.17) is 11.2 Å². The fourth-order valence-corrected chi connectivity index (χ4v) is 3.85. The molecule has 0 aromatic heterocycles. The van der Waals surface area contributed by atoms with Crippen LogP contribution in [0.1, 0.15) is 6.92 Å². The van der Waals surface area contributed by atoms with Crippen molar-refractivity contribution >= 4 is 29.2 Å². The highest BCUT2D eigenvalue weighted by Gasteiger charge is 2.22. The predicted molar refractivity (Wildman–Crippen MR) is 62.4 cm³/mol. The molecule has 1 atom stereocenters. The average molecular weight is 228 g/mol. The van der Waals surface area contributed by atoms with Crippen LogP contribution in [0.25, 0.3) is 0 Å². The predicted octanol–water partition coefficient (Wildman–Crippen LogP) is 3.57. The summed E-state index contributed by atoms with van der Waals surface area (Å²) in [6, 6.07) is 9.75. The number of hydrogen-bond donors (Lipinski definition) is 1. The molecular weight excluding hydrogens is 217 g/mol. The van der Waals surface area contributed by atoms with Crippen molar-refractivity contribution in [3.63, 3.8) is 0 Å². The second-order valence-corrected chi connectivity index (χ2v) is 6.97. The molecule has 0 amide bonds. The van der Waals surface area contributed by atoms with Crippen LogP contribution in [0.3, 0.4) is 0 Å². The molecule has 14 heavy (non-hydrogen) atoms. The second-order valence-electron chi connectivity index (χ2n) is 3.22. The Balaban J connectivity index is 2.28. The van der Waals surface area contributed by atoms with E-state index in [1.54, 1.807) is 0 Å². The van der Waals surface area contributed by atoms with Gasteiger partial charge in [-0.15, -0.1) is 0 Å². The second kappa shape index (κ2) is 3.76. The van der Waals surface area contributed by atoms with Gasteiger partial charge >= 0.3 is 0 Å². The quantitative estimate of drug-likeness (QED) is 0.732. The molecule has 0 saturated carbocycles. The minimum Gasteiger partial charge on any atom is -0.261 e. The summed E-state index contributed by atoms with van der Waals surface area (Å²) in [4.78, 5) is 0. The standard InChI is InChI=1S/C9H11ClN3P/c1-8-7-14(10,13-11-8)12-9-5-3-2-4-6-9/h2-6,13H,7H2,1H3. The molecule has 1 N–H and O–H groups in total. The number of nitrogens with one attached hydrogen (secondary N) is 1. The molecule has 2 rings (SSSR count). The van der Waals surface area contributed by atoms with Crippen molar-refractivity contribution < 1.29 is 0 Å². The molecule has 1 heterocycles. The van der Waals surface area contributed by atoms with Crippen LogP contribution in [0.2, 0.25) is 0 Å². The van der Waals surface area contributed by atoms with Crippen molar-refractivity contribution in [2.45, 2.75) is 6.92 Å². The Morgan fingerprint density at radius 1 is 1.43 bits per heavy atom. The van der Waals surface area contributed by atoms with Gasteiger partial charge in [-0.05, 0) is 19.1 Å². The third-order valence-corrected chi connectivity index (χ3v) is 4.51. The summed E-state index contributed by atoms with van der Waals surface area (Å²) in [6.45, 7) is 0.00145. The maximum Gasteiger partial charge on any atom is 0.163 e. The molecule has 1 aromatic carbocycles. The highest BCUT2D eigenvalue weighted by atomic mass is 35.7. The van der Waals surface area contributed by atoms with Crippen LogP contribution >= 0.6 is 17.8 Å².